The van der Waals surface area contributed by atoms with Gasteiger partial charge in [0, 0.05) is 11.2 Å². The van der Waals surface area contributed by atoms with Crippen LogP contribution in [0.5, 0.6) is 0 Å². The van der Waals surface area contributed by atoms with Gasteiger partial charge in [0.25, 0.3) is 5.91 Å². The Morgan fingerprint density at radius 2 is 2.00 bits per heavy atom. The summed E-state index contributed by atoms with van der Waals surface area (Å²) in [5, 5.41) is 6.93. The number of benzene rings is 2. The summed E-state index contributed by atoms with van der Waals surface area (Å²) in [4.78, 5) is 12.2. The van der Waals surface area contributed by atoms with Crippen LogP contribution in [-0.2, 0) is 6.54 Å². The van der Waals surface area contributed by atoms with Crippen molar-refractivity contribution in [1.82, 2.24) is 9.78 Å². The van der Waals surface area contributed by atoms with Crippen molar-refractivity contribution in [3.63, 3.8) is 0 Å². The van der Waals surface area contributed by atoms with Crippen molar-refractivity contribution in [3.8, 4) is 0 Å². The van der Waals surface area contributed by atoms with Crippen molar-refractivity contribution in [2.24, 2.45) is 0 Å². The molecule has 3 aromatic rings. The summed E-state index contributed by atoms with van der Waals surface area (Å²) < 4.78 is 15.4. The number of carbonyl (C=O) groups is 1. The van der Waals surface area contributed by atoms with Crippen LogP contribution in [-0.4, -0.2) is 15.7 Å². The first-order chi connectivity index (χ1) is 11.1. The summed E-state index contributed by atoms with van der Waals surface area (Å²) in [6.45, 7) is 0.559. The van der Waals surface area contributed by atoms with Crippen molar-refractivity contribution in [1.29, 1.82) is 0 Å². The topological polar surface area (TPSA) is 46.9 Å². The van der Waals surface area contributed by atoms with E-state index in [0.29, 0.717) is 12.1 Å². The van der Waals surface area contributed by atoms with Gasteiger partial charge in [0.1, 0.15) is 5.82 Å². The monoisotopic (exact) mass is 329 g/mol. The number of anilines is 1. The lowest BCUT2D eigenvalue weighted by atomic mass is 10.2. The fraction of sp³-hybridized carbons (Fsp3) is 0.0588. The lowest BCUT2D eigenvalue weighted by Gasteiger charge is -2.05. The molecule has 2 aromatic carbocycles. The summed E-state index contributed by atoms with van der Waals surface area (Å²) >= 11 is 5.68. The average Bonchev–Trinajstić information content (AvgIpc) is 3.00. The number of aromatic nitrogens is 2. The van der Waals surface area contributed by atoms with Gasteiger partial charge in [-0.3, -0.25) is 9.48 Å². The van der Waals surface area contributed by atoms with Gasteiger partial charge in [-0.15, -0.1) is 0 Å². The second-order valence-corrected chi connectivity index (χ2v) is 5.43. The quantitative estimate of drug-likeness (QED) is 0.787. The maximum atomic E-state index is 13.7. The molecule has 0 aliphatic carbocycles. The molecule has 1 heterocycles. The van der Waals surface area contributed by atoms with E-state index >= 15 is 0 Å². The van der Waals surface area contributed by atoms with E-state index in [1.165, 1.54) is 18.3 Å². The summed E-state index contributed by atoms with van der Waals surface area (Å²) in [5.74, 6) is -1.01. The van der Waals surface area contributed by atoms with E-state index < -0.39 is 11.7 Å². The highest BCUT2D eigenvalue weighted by Gasteiger charge is 2.12. The molecule has 0 radical (unpaired) electrons. The Morgan fingerprint density at radius 3 is 2.74 bits per heavy atom. The standard InChI is InChI=1S/C17H13ClFN3O/c18-14-6-7-16(15(19)8-14)21-17(23)13-9-20-22(11-13)10-12-4-2-1-3-5-12/h1-9,11H,10H2,(H,21,23). The van der Waals surface area contributed by atoms with Gasteiger partial charge in [-0.1, -0.05) is 41.9 Å². The molecule has 0 saturated heterocycles. The highest BCUT2D eigenvalue weighted by molar-refractivity contribution is 6.30. The Morgan fingerprint density at radius 1 is 1.22 bits per heavy atom. The molecule has 1 amide bonds. The first-order valence-corrected chi connectivity index (χ1v) is 7.32. The Balaban J connectivity index is 1.71. The maximum absolute atomic E-state index is 13.7. The normalized spacial score (nSPS) is 10.5. The predicted octanol–water partition coefficient (Wildman–Crippen LogP) is 3.98. The van der Waals surface area contributed by atoms with E-state index in [-0.39, 0.29) is 10.7 Å². The van der Waals surface area contributed by atoms with Crippen molar-refractivity contribution in [3.05, 3.63) is 82.9 Å². The summed E-state index contributed by atoms with van der Waals surface area (Å²) in [5.41, 5.74) is 1.51. The molecule has 0 bridgehead atoms. The van der Waals surface area contributed by atoms with E-state index in [9.17, 15) is 9.18 Å². The molecule has 0 atom stereocenters. The van der Waals surface area contributed by atoms with Crippen LogP contribution >= 0.6 is 11.6 Å². The second kappa shape index (κ2) is 6.62. The van der Waals surface area contributed by atoms with Crippen LogP contribution in [0.25, 0.3) is 0 Å². The highest BCUT2D eigenvalue weighted by atomic mass is 35.5. The molecule has 1 aromatic heterocycles. The van der Waals surface area contributed by atoms with Crippen LogP contribution in [0.2, 0.25) is 5.02 Å². The lowest BCUT2D eigenvalue weighted by molar-refractivity contribution is 0.102. The van der Waals surface area contributed by atoms with E-state index in [1.807, 2.05) is 30.3 Å². The zero-order valence-electron chi connectivity index (χ0n) is 12.0. The molecule has 6 heteroatoms. The lowest BCUT2D eigenvalue weighted by Crippen LogP contribution is -2.12. The number of halogens is 2. The van der Waals surface area contributed by atoms with Gasteiger partial charge >= 0.3 is 0 Å². The molecule has 1 N–H and O–H groups in total. The van der Waals surface area contributed by atoms with Gasteiger partial charge in [-0.05, 0) is 23.8 Å². The predicted molar refractivity (Wildman–Crippen MR) is 87.1 cm³/mol. The number of nitrogens with one attached hydrogen (secondary N) is 1. The van der Waals surface area contributed by atoms with E-state index in [4.69, 9.17) is 11.6 Å². The van der Waals surface area contributed by atoms with Gasteiger partial charge in [0.2, 0.25) is 0 Å². The van der Waals surface area contributed by atoms with Gasteiger partial charge in [0.15, 0.2) is 0 Å². The number of amides is 1. The van der Waals surface area contributed by atoms with Crippen LogP contribution < -0.4 is 5.32 Å². The van der Waals surface area contributed by atoms with Crippen molar-refractivity contribution in [2.45, 2.75) is 6.54 Å². The summed E-state index contributed by atoms with van der Waals surface area (Å²) in [6.07, 6.45) is 3.07. The van der Waals surface area contributed by atoms with Crippen LogP contribution in [0.3, 0.4) is 0 Å². The molecule has 4 nitrogen and oxygen atoms in total. The summed E-state index contributed by atoms with van der Waals surface area (Å²) in [7, 11) is 0. The molecule has 0 saturated carbocycles. The van der Waals surface area contributed by atoms with E-state index in [1.54, 1.807) is 10.9 Å². The van der Waals surface area contributed by atoms with Crippen molar-refractivity contribution >= 4 is 23.2 Å². The molecule has 116 valence electrons. The van der Waals surface area contributed by atoms with E-state index in [2.05, 4.69) is 10.4 Å². The molecule has 0 fully saturated rings. The van der Waals surface area contributed by atoms with Crippen molar-refractivity contribution < 1.29 is 9.18 Å². The fourth-order valence-electron chi connectivity index (χ4n) is 2.12. The Bertz CT molecular complexity index is 833. The smallest absolute Gasteiger partial charge is 0.258 e. The molecular formula is C17H13ClFN3O. The summed E-state index contributed by atoms with van der Waals surface area (Å²) in [6, 6.07) is 13.9. The molecule has 0 aliphatic rings. The van der Waals surface area contributed by atoms with Gasteiger partial charge in [-0.2, -0.15) is 5.10 Å². The second-order valence-electron chi connectivity index (χ2n) is 4.99. The number of carbonyl (C=O) groups excluding carboxylic acids is 1. The Labute approximate surface area is 137 Å². The number of rotatable bonds is 4. The van der Waals surface area contributed by atoms with Gasteiger partial charge in [0.05, 0.1) is 24.0 Å². The molecular weight excluding hydrogens is 317 g/mol. The third-order valence-electron chi connectivity index (χ3n) is 3.26. The van der Waals surface area contributed by atoms with Gasteiger partial charge < -0.3 is 5.32 Å². The minimum absolute atomic E-state index is 0.0789. The molecule has 0 aliphatic heterocycles. The van der Waals surface area contributed by atoms with Crippen LogP contribution in [0, 0.1) is 5.82 Å². The number of hydrogen-bond donors (Lipinski definition) is 1. The highest BCUT2D eigenvalue weighted by Crippen LogP contribution is 2.19. The van der Waals surface area contributed by atoms with Crippen LogP contribution in [0.15, 0.2) is 60.9 Å². The third kappa shape index (κ3) is 3.76. The first-order valence-electron chi connectivity index (χ1n) is 6.94. The number of hydrogen-bond acceptors (Lipinski definition) is 2. The SMILES string of the molecule is O=C(Nc1ccc(Cl)cc1F)c1cnn(Cc2ccccc2)c1. The van der Waals surface area contributed by atoms with Crippen LogP contribution in [0.4, 0.5) is 10.1 Å². The zero-order valence-corrected chi connectivity index (χ0v) is 12.8. The Kier molecular flexibility index (Phi) is 4.39. The number of nitrogens with zero attached hydrogens (tertiary/aromatic N) is 2. The van der Waals surface area contributed by atoms with Gasteiger partial charge in [-0.25, -0.2) is 4.39 Å². The molecule has 0 unspecified atom stereocenters. The fourth-order valence-corrected chi connectivity index (χ4v) is 2.28. The molecule has 0 spiro atoms. The molecule has 23 heavy (non-hydrogen) atoms. The molecule has 3 rings (SSSR count). The average molecular weight is 330 g/mol. The zero-order chi connectivity index (χ0) is 16.2. The minimum atomic E-state index is -0.581. The van der Waals surface area contributed by atoms with Crippen molar-refractivity contribution in [2.75, 3.05) is 5.32 Å². The van der Waals surface area contributed by atoms with Crippen LogP contribution in [0.1, 0.15) is 15.9 Å². The maximum Gasteiger partial charge on any atom is 0.258 e. The largest absolute Gasteiger partial charge is 0.319 e. The van der Waals surface area contributed by atoms with E-state index in [0.717, 1.165) is 11.6 Å². The first kappa shape index (κ1) is 15.2. The minimum Gasteiger partial charge on any atom is -0.319 e. The third-order valence-corrected chi connectivity index (χ3v) is 3.50. The Hall–Kier alpha value is -2.66.